The van der Waals surface area contributed by atoms with Crippen LogP contribution in [0.5, 0.6) is 0 Å². The molecule has 0 unspecified atom stereocenters. The zero-order valence-corrected chi connectivity index (χ0v) is 11.8. The third-order valence-corrected chi connectivity index (χ3v) is 5.57. The Morgan fingerprint density at radius 2 is 1.56 bits per heavy atom. The van der Waals surface area contributed by atoms with Crippen LogP contribution in [0.3, 0.4) is 0 Å². The van der Waals surface area contributed by atoms with Gasteiger partial charge in [-0.3, -0.25) is 4.79 Å². The van der Waals surface area contributed by atoms with Crippen molar-refractivity contribution in [2.45, 2.75) is 70.8 Å². The normalized spacial score (nSPS) is 30.1. The van der Waals surface area contributed by atoms with Crippen LogP contribution in [0.1, 0.15) is 65.2 Å². The molecule has 0 atom stereocenters. The molecule has 0 bridgehead atoms. The highest BCUT2D eigenvalue weighted by molar-refractivity contribution is 5.79. The van der Waals surface area contributed by atoms with Crippen LogP contribution in [0.4, 0.5) is 0 Å². The van der Waals surface area contributed by atoms with Gasteiger partial charge in [0.1, 0.15) is 5.78 Å². The lowest BCUT2D eigenvalue weighted by atomic mass is 9.55. The number of ketones is 1. The standard InChI is InChI=1S/C15H27NO2/c1-13(2)7-9-14(11-16,10-8-13)15(18)5-3-12(17)4-6-15/h18H,3-11,16H2,1-2H3. The Balaban J connectivity index is 2.15. The fraction of sp³-hybridized carbons (Fsp3) is 0.933. The van der Waals surface area contributed by atoms with Crippen LogP contribution in [-0.2, 0) is 4.79 Å². The molecule has 0 radical (unpaired) electrons. The monoisotopic (exact) mass is 253 g/mol. The first-order chi connectivity index (χ1) is 8.33. The van der Waals surface area contributed by atoms with Crippen molar-refractivity contribution in [3.8, 4) is 0 Å². The van der Waals surface area contributed by atoms with E-state index in [0.29, 0.717) is 43.4 Å². The SMILES string of the molecule is CC1(C)CCC(CN)(C2(O)CCC(=O)CC2)CC1. The maximum Gasteiger partial charge on any atom is 0.133 e. The topological polar surface area (TPSA) is 63.3 Å². The molecule has 0 heterocycles. The Morgan fingerprint density at radius 1 is 1.06 bits per heavy atom. The number of aliphatic hydroxyl groups is 1. The van der Waals surface area contributed by atoms with Gasteiger partial charge in [-0.05, 0) is 43.9 Å². The first-order valence-electron chi connectivity index (χ1n) is 7.27. The van der Waals surface area contributed by atoms with E-state index in [-0.39, 0.29) is 5.41 Å². The summed E-state index contributed by atoms with van der Waals surface area (Å²) in [6.45, 7) is 5.14. The molecule has 2 fully saturated rings. The van der Waals surface area contributed by atoms with Crippen molar-refractivity contribution in [2.75, 3.05) is 6.54 Å². The van der Waals surface area contributed by atoms with E-state index in [9.17, 15) is 9.90 Å². The highest BCUT2D eigenvalue weighted by Crippen LogP contribution is 2.53. The fourth-order valence-electron chi connectivity index (χ4n) is 3.74. The zero-order valence-electron chi connectivity index (χ0n) is 11.8. The average Bonchev–Trinajstić information content (AvgIpc) is 2.34. The Bertz CT molecular complexity index is 315. The van der Waals surface area contributed by atoms with Crippen LogP contribution in [0.25, 0.3) is 0 Å². The van der Waals surface area contributed by atoms with Gasteiger partial charge >= 0.3 is 0 Å². The van der Waals surface area contributed by atoms with E-state index in [2.05, 4.69) is 13.8 Å². The summed E-state index contributed by atoms with van der Waals surface area (Å²) in [4.78, 5) is 11.4. The van der Waals surface area contributed by atoms with Crippen LogP contribution in [0, 0.1) is 10.8 Å². The molecule has 3 heteroatoms. The van der Waals surface area contributed by atoms with E-state index in [1.807, 2.05) is 0 Å². The van der Waals surface area contributed by atoms with E-state index < -0.39 is 5.60 Å². The Morgan fingerprint density at radius 3 is 2.00 bits per heavy atom. The summed E-state index contributed by atoms with van der Waals surface area (Å²) in [7, 11) is 0. The maximum atomic E-state index is 11.4. The number of hydrogen-bond donors (Lipinski definition) is 2. The van der Waals surface area contributed by atoms with E-state index in [0.717, 1.165) is 25.7 Å². The molecule has 3 nitrogen and oxygen atoms in total. The van der Waals surface area contributed by atoms with Gasteiger partial charge in [0.15, 0.2) is 0 Å². The van der Waals surface area contributed by atoms with Crippen molar-refractivity contribution in [3.05, 3.63) is 0 Å². The molecule has 0 aromatic carbocycles. The fourth-order valence-corrected chi connectivity index (χ4v) is 3.74. The third-order valence-electron chi connectivity index (χ3n) is 5.57. The lowest BCUT2D eigenvalue weighted by molar-refractivity contribution is -0.147. The molecular formula is C15H27NO2. The van der Waals surface area contributed by atoms with E-state index >= 15 is 0 Å². The number of hydrogen-bond acceptors (Lipinski definition) is 3. The molecular weight excluding hydrogens is 226 g/mol. The Hall–Kier alpha value is -0.410. The van der Waals surface area contributed by atoms with Crippen LogP contribution in [0.2, 0.25) is 0 Å². The van der Waals surface area contributed by atoms with Gasteiger partial charge in [0, 0.05) is 24.8 Å². The summed E-state index contributed by atoms with van der Waals surface area (Å²) in [5.41, 5.74) is 5.56. The zero-order chi connectivity index (χ0) is 13.4. The van der Waals surface area contributed by atoms with Gasteiger partial charge in [0.25, 0.3) is 0 Å². The summed E-state index contributed by atoms with van der Waals surface area (Å²) in [5, 5.41) is 11.0. The van der Waals surface area contributed by atoms with Gasteiger partial charge < -0.3 is 10.8 Å². The van der Waals surface area contributed by atoms with E-state index in [1.54, 1.807) is 0 Å². The number of carbonyl (C=O) groups is 1. The van der Waals surface area contributed by atoms with Crippen molar-refractivity contribution in [1.29, 1.82) is 0 Å². The van der Waals surface area contributed by atoms with Crippen molar-refractivity contribution in [2.24, 2.45) is 16.6 Å². The van der Waals surface area contributed by atoms with Crippen molar-refractivity contribution in [1.82, 2.24) is 0 Å². The number of rotatable bonds is 2. The lowest BCUT2D eigenvalue weighted by Crippen LogP contribution is -2.56. The maximum absolute atomic E-state index is 11.4. The minimum absolute atomic E-state index is 0.150. The molecule has 18 heavy (non-hydrogen) atoms. The van der Waals surface area contributed by atoms with Crippen LogP contribution >= 0.6 is 0 Å². The summed E-state index contributed by atoms with van der Waals surface area (Å²) in [5.74, 6) is 0.294. The number of Topliss-reactive ketones (excluding diaryl/α,β-unsaturated/α-hetero) is 1. The highest BCUT2D eigenvalue weighted by atomic mass is 16.3. The predicted molar refractivity (Wildman–Crippen MR) is 72.2 cm³/mol. The van der Waals surface area contributed by atoms with Gasteiger partial charge in [0.2, 0.25) is 0 Å². The molecule has 0 amide bonds. The number of carbonyl (C=O) groups excluding carboxylic acids is 1. The first kappa shape index (κ1) is 14.0. The summed E-state index contributed by atoms with van der Waals surface area (Å²) in [6, 6.07) is 0. The quantitative estimate of drug-likeness (QED) is 0.794. The summed E-state index contributed by atoms with van der Waals surface area (Å²) < 4.78 is 0. The minimum atomic E-state index is -0.702. The molecule has 0 aliphatic heterocycles. The molecule has 0 spiro atoms. The molecule has 2 saturated carbocycles. The van der Waals surface area contributed by atoms with Crippen LogP contribution in [-0.4, -0.2) is 23.0 Å². The van der Waals surface area contributed by atoms with Gasteiger partial charge in [-0.1, -0.05) is 13.8 Å². The van der Waals surface area contributed by atoms with Crippen molar-refractivity contribution < 1.29 is 9.90 Å². The van der Waals surface area contributed by atoms with E-state index in [1.165, 1.54) is 0 Å². The van der Waals surface area contributed by atoms with Crippen molar-refractivity contribution >= 4 is 5.78 Å². The van der Waals surface area contributed by atoms with Gasteiger partial charge in [-0.15, -0.1) is 0 Å². The van der Waals surface area contributed by atoms with Crippen LogP contribution in [0.15, 0.2) is 0 Å². The second-order valence-corrected chi connectivity index (χ2v) is 7.22. The molecule has 0 saturated heterocycles. The number of nitrogens with two attached hydrogens (primary N) is 1. The summed E-state index contributed by atoms with van der Waals surface area (Å²) >= 11 is 0. The van der Waals surface area contributed by atoms with Crippen LogP contribution < -0.4 is 5.73 Å². The summed E-state index contributed by atoms with van der Waals surface area (Å²) in [6.07, 6.45) is 6.54. The third kappa shape index (κ3) is 2.35. The predicted octanol–water partition coefficient (Wildman–Crippen LogP) is 2.41. The van der Waals surface area contributed by atoms with Gasteiger partial charge in [-0.25, -0.2) is 0 Å². The van der Waals surface area contributed by atoms with Gasteiger partial charge in [0.05, 0.1) is 5.60 Å². The van der Waals surface area contributed by atoms with E-state index in [4.69, 9.17) is 5.73 Å². The second kappa shape index (κ2) is 4.61. The molecule has 2 rings (SSSR count). The molecule has 3 N–H and O–H groups in total. The molecule has 0 aromatic rings. The molecule has 2 aliphatic rings. The average molecular weight is 253 g/mol. The molecule has 2 aliphatic carbocycles. The largest absolute Gasteiger partial charge is 0.389 e. The second-order valence-electron chi connectivity index (χ2n) is 7.22. The Labute approximate surface area is 110 Å². The molecule has 0 aromatic heterocycles. The lowest BCUT2D eigenvalue weighted by Gasteiger charge is -2.53. The van der Waals surface area contributed by atoms with Crippen molar-refractivity contribution in [3.63, 3.8) is 0 Å². The first-order valence-corrected chi connectivity index (χ1v) is 7.27. The highest BCUT2D eigenvalue weighted by Gasteiger charge is 2.52. The van der Waals surface area contributed by atoms with Gasteiger partial charge in [-0.2, -0.15) is 0 Å². The smallest absolute Gasteiger partial charge is 0.133 e. The minimum Gasteiger partial charge on any atom is -0.389 e. The molecule has 104 valence electrons. The Kier molecular flexibility index (Phi) is 3.58.